The topological polar surface area (TPSA) is 34.2 Å². The number of hydrogen-bond acceptors (Lipinski definition) is 5. The molecule has 0 N–H and O–H groups in total. The van der Waals surface area contributed by atoms with Gasteiger partial charge < -0.3 is 18.5 Å². The molecule has 2 rings (SSSR count). The van der Waals surface area contributed by atoms with E-state index in [4.69, 9.17) is 13.6 Å². The Morgan fingerprint density at radius 1 is 1.18 bits per heavy atom. The van der Waals surface area contributed by atoms with Crippen molar-refractivity contribution in [2.75, 3.05) is 59.1 Å². The standard InChI is InChI=1S/C16H34N2O3Si/c1-4-17(5-2)9-10-18-8-6-12-20-22(3)13-7-11-19-15-16(14-18)21-22/h16H,4-15H2,1-3H3. The Hall–Kier alpha value is 0.0169. The lowest BCUT2D eigenvalue weighted by Crippen LogP contribution is -2.48. The first-order valence-electron chi connectivity index (χ1n) is 8.99. The Morgan fingerprint density at radius 3 is 2.77 bits per heavy atom. The molecule has 5 nitrogen and oxygen atoms in total. The molecule has 0 aromatic rings. The van der Waals surface area contributed by atoms with E-state index in [9.17, 15) is 0 Å². The van der Waals surface area contributed by atoms with Crippen LogP contribution < -0.4 is 0 Å². The fourth-order valence-corrected chi connectivity index (χ4v) is 5.87. The molecule has 22 heavy (non-hydrogen) atoms. The quantitative estimate of drug-likeness (QED) is 0.720. The molecule has 0 aromatic heterocycles. The van der Waals surface area contributed by atoms with Crippen molar-refractivity contribution in [3.05, 3.63) is 0 Å². The lowest BCUT2D eigenvalue weighted by Gasteiger charge is -2.34. The van der Waals surface area contributed by atoms with E-state index in [2.05, 4.69) is 30.2 Å². The number of fused-ring (bicyclic) bond motifs is 2. The Labute approximate surface area is 137 Å². The van der Waals surface area contributed by atoms with Gasteiger partial charge in [0.2, 0.25) is 0 Å². The third kappa shape index (κ3) is 5.90. The van der Waals surface area contributed by atoms with E-state index in [1.807, 2.05) is 0 Å². The number of likely N-dealkylation sites (N-methyl/N-ethyl adjacent to an activating group) is 1. The lowest BCUT2D eigenvalue weighted by atomic mass is 10.3. The van der Waals surface area contributed by atoms with Crippen LogP contribution in [0.1, 0.15) is 26.7 Å². The Morgan fingerprint density at radius 2 is 2.00 bits per heavy atom. The summed E-state index contributed by atoms with van der Waals surface area (Å²) in [7, 11) is -1.99. The van der Waals surface area contributed by atoms with Crippen molar-refractivity contribution in [1.29, 1.82) is 0 Å². The van der Waals surface area contributed by atoms with Gasteiger partial charge in [0.25, 0.3) is 0 Å². The van der Waals surface area contributed by atoms with Crippen LogP contribution in [0.3, 0.4) is 0 Å². The van der Waals surface area contributed by atoms with Gasteiger partial charge in [0.1, 0.15) is 0 Å². The Balaban J connectivity index is 1.93. The molecule has 2 bridgehead atoms. The van der Waals surface area contributed by atoms with Crippen molar-refractivity contribution in [3.8, 4) is 0 Å². The SMILES string of the molecule is CCN(CC)CCN1CCCO[Si]2(C)CCCOCC(C1)O2. The number of nitrogens with zero attached hydrogens (tertiary/aromatic N) is 2. The summed E-state index contributed by atoms with van der Waals surface area (Å²) in [5.41, 5.74) is 0. The highest BCUT2D eigenvalue weighted by molar-refractivity contribution is 6.66. The summed E-state index contributed by atoms with van der Waals surface area (Å²) >= 11 is 0. The van der Waals surface area contributed by atoms with Crippen molar-refractivity contribution in [2.45, 2.75) is 45.4 Å². The number of hydrogen-bond donors (Lipinski definition) is 0. The van der Waals surface area contributed by atoms with Gasteiger partial charge in [-0.25, -0.2) is 0 Å². The molecule has 0 radical (unpaired) electrons. The van der Waals surface area contributed by atoms with Crippen LogP contribution >= 0.6 is 0 Å². The molecule has 0 amide bonds. The first kappa shape index (κ1) is 18.4. The minimum absolute atomic E-state index is 0.173. The zero-order chi connectivity index (χ0) is 15.8. The van der Waals surface area contributed by atoms with Gasteiger partial charge in [-0.3, -0.25) is 4.90 Å². The zero-order valence-corrected chi connectivity index (χ0v) is 15.7. The van der Waals surface area contributed by atoms with Crippen LogP contribution in [0, 0.1) is 0 Å². The summed E-state index contributed by atoms with van der Waals surface area (Å²) in [5, 5.41) is 0. The van der Waals surface area contributed by atoms with E-state index in [0.717, 1.165) is 71.4 Å². The van der Waals surface area contributed by atoms with E-state index >= 15 is 0 Å². The molecule has 0 aromatic carbocycles. The highest BCUT2D eigenvalue weighted by atomic mass is 28.4. The maximum Gasteiger partial charge on any atom is 0.335 e. The molecule has 2 atom stereocenters. The Kier molecular flexibility index (Phi) is 7.80. The van der Waals surface area contributed by atoms with Crippen LogP contribution in [0.5, 0.6) is 0 Å². The molecule has 0 saturated carbocycles. The molecule has 2 unspecified atom stereocenters. The van der Waals surface area contributed by atoms with E-state index in [-0.39, 0.29) is 6.10 Å². The largest absolute Gasteiger partial charge is 0.394 e. The second-order valence-electron chi connectivity index (χ2n) is 6.58. The minimum atomic E-state index is -1.99. The lowest BCUT2D eigenvalue weighted by molar-refractivity contribution is 0.00337. The smallest absolute Gasteiger partial charge is 0.335 e. The molecule has 2 aliphatic heterocycles. The average molecular weight is 331 g/mol. The summed E-state index contributed by atoms with van der Waals surface area (Å²) in [6.07, 6.45) is 2.35. The fourth-order valence-electron chi connectivity index (χ4n) is 3.33. The van der Waals surface area contributed by atoms with Gasteiger partial charge >= 0.3 is 8.56 Å². The first-order chi connectivity index (χ1) is 10.6. The van der Waals surface area contributed by atoms with Crippen molar-refractivity contribution in [1.82, 2.24) is 9.80 Å². The molecule has 6 heteroatoms. The molecular formula is C16H34N2O3Si. The van der Waals surface area contributed by atoms with E-state index in [0.29, 0.717) is 6.61 Å². The van der Waals surface area contributed by atoms with Gasteiger partial charge in [0.05, 0.1) is 12.7 Å². The minimum Gasteiger partial charge on any atom is -0.394 e. The second kappa shape index (κ2) is 9.35. The van der Waals surface area contributed by atoms with E-state index < -0.39 is 8.56 Å². The normalized spacial score (nSPS) is 31.9. The van der Waals surface area contributed by atoms with Crippen molar-refractivity contribution < 1.29 is 13.6 Å². The van der Waals surface area contributed by atoms with Crippen LogP contribution in [0.15, 0.2) is 0 Å². The van der Waals surface area contributed by atoms with Crippen LogP contribution in [-0.2, 0) is 13.6 Å². The highest BCUT2D eigenvalue weighted by Crippen LogP contribution is 2.22. The third-order valence-electron chi connectivity index (χ3n) is 4.75. The van der Waals surface area contributed by atoms with Gasteiger partial charge in [-0.05, 0) is 38.5 Å². The molecule has 2 heterocycles. The summed E-state index contributed by atoms with van der Waals surface area (Å²) in [6, 6.07) is 1.06. The monoisotopic (exact) mass is 330 g/mol. The summed E-state index contributed by atoms with van der Waals surface area (Å²) in [6.45, 7) is 15.7. The van der Waals surface area contributed by atoms with Gasteiger partial charge in [-0.1, -0.05) is 13.8 Å². The van der Waals surface area contributed by atoms with Crippen molar-refractivity contribution in [2.24, 2.45) is 0 Å². The average Bonchev–Trinajstić information content (AvgIpc) is 2.57. The second-order valence-corrected chi connectivity index (χ2v) is 9.87. The maximum atomic E-state index is 6.43. The molecular weight excluding hydrogens is 296 g/mol. The molecule has 130 valence electrons. The van der Waals surface area contributed by atoms with Gasteiger partial charge in [0.15, 0.2) is 0 Å². The van der Waals surface area contributed by atoms with Crippen LogP contribution in [0.25, 0.3) is 0 Å². The zero-order valence-electron chi connectivity index (χ0n) is 14.7. The summed E-state index contributed by atoms with van der Waals surface area (Å²) in [5.74, 6) is 0. The van der Waals surface area contributed by atoms with Gasteiger partial charge in [-0.2, -0.15) is 0 Å². The predicted octanol–water partition coefficient (Wildman–Crippen LogP) is 1.93. The third-order valence-corrected chi connectivity index (χ3v) is 7.66. The highest BCUT2D eigenvalue weighted by Gasteiger charge is 2.37. The van der Waals surface area contributed by atoms with Crippen molar-refractivity contribution in [3.63, 3.8) is 0 Å². The van der Waals surface area contributed by atoms with Crippen molar-refractivity contribution >= 4 is 8.56 Å². The first-order valence-corrected chi connectivity index (χ1v) is 11.5. The summed E-state index contributed by atoms with van der Waals surface area (Å²) in [4.78, 5) is 5.02. The molecule has 2 aliphatic rings. The molecule has 0 spiro atoms. The van der Waals surface area contributed by atoms with Crippen LogP contribution in [-0.4, -0.2) is 83.6 Å². The summed E-state index contributed by atoms with van der Waals surface area (Å²) < 4.78 is 18.4. The predicted molar refractivity (Wildman–Crippen MR) is 91.5 cm³/mol. The molecule has 2 saturated heterocycles. The Bertz CT molecular complexity index is 318. The van der Waals surface area contributed by atoms with E-state index in [1.54, 1.807) is 0 Å². The molecule has 0 aliphatic carbocycles. The van der Waals surface area contributed by atoms with Crippen LogP contribution in [0.4, 0.5) is 0 Å². The van der Waals surface area contributed by atoms with Crippen LogP contribution in [0.2, 0.25) is 12.6 Å². The van der Waals surface area contributed by atoms with Gasteiger partial charge in [-0.15, -0.1) is 0 Å². The molecule has 2 fully saturated rings. The fraction of sp³-hybridized carbons (Fsp3) is 1.00. The maximum absolute atomic E-state index is 6.43. The number of ether oxygens (including phenoxy) is 1. The van der Waals surface area contributed by atoms with E-state index in [1.165, 1.54) is 0 Å². The van der Waals surface area contributed by atoms with Gasteiger partial charge in [0, 0.05) is 39.4 Å². The number of rotatable bonds is 5.